The zero-order valence-corrected chi connectivity index (χ0v) is 12.2. The van der Waals surface area contributed by atoms with Crippen molar-refractivity contribution >= 4 is 39.9 Å². The normalized spacial score (nSPS) is 10.5. The van der Waals surface area contributed by atoms with Crippen molar-refractivity contribution < 1.29 is 0 Å². The van der Waals surface area contributed by atoms with Crippen molar-refractivity contribution in [2.24, 2.45) is 0 Å². The topological polar surface area (TPSA) is 42.7 Å². The molecule has 0 aliphatic rings. The van der Waals surface area contributed by atoms with E-state index in [-0.39, 0.29) is 0 Å². The third kappa shape index (κ3) is 3.10. The molecule has 0 radical (unpaired) electrons. The summed E-state index contributed by atoms with van der Waals surface area (Å²) in [5.74, 6) is 0.929. The highest BCUT2D eigenvalue weighted by Gasteiger charge is 2.04. The minimum atomic E-state index is 0.658. The van der Waals surface area contributed by atoms with Crippen molar-refractivity contribution in [1.29, 1.82) is 0 Å². The number of aromatic nitrogens is 3. The Morgan fingerprint density at radius 2 is 2.29 bits per heavy atom. The quantitative estimate of drug-likeness (QED) is 0.850. The number of benzene rings is 1. The minimum absolute atomic E-state index is 0.658. The lowest BCUT2D eigenvalue weighted by Gasteiger charge is -2.09. The molecular formula is C11H12ClIN4. The maximum Gasteiger partial charge on any atom is 0.146 e. The van der Waals surface area contributed by atoms with Crippen LogP contribution < -0.4 is 5.32 Å². The van der Waals surface area contributed by atoms with Crippen LogP contribution in [0.1, 0.15) is 12.7 Å². The van der Waals surface area contributed by atoms with E-state index >= 15 is 0 Å². The summed E-state index contributed by atoms with van der Waals surface area (Å²) in [7, 11) is 0. The molecule has 1 heterocycles. The van der Waals surface area contributed by atoms with E-state index in [4.69, 9.17) is 11.6 Å². The summed E-state index contributed by atoms with van der Waals surface area (Å²) >= 11 is 8.16. The first kappa shape index (κ1) is 12.6. The Balaban J connectivity index is 2.07. The van der Waals surface area contributed by atoms with Gasteiger partial charge >= 0.3 is 0 Å². The number of anilines is 1. The van der Waals surface area contributed by atoms with Crippen LogP contribution in [0.25, 0.3) is 0 Å². The van der Waals surface area contributed by atoms with E-state index in [9.17, 15) is 0 Å². The Morgan fingerprint density at radius 3 is 3.00 bits per heavy atom. The molecule has 1 aromatic carbocycles. The Morgan fingerprint density at radius 1 is 1.47 bits per heavy atom. The molecule has 0 spiro atoms. The third-order valence-electron chi connectivity index (χ3n) is 2.36. The summed E-state index contributed by atoms with van der Waals surface area (Å²) in [6.45, 7) is 3.53. The van der Waals surface area contributed by atoms with Crippen LogP contribution in [-0.4, -0.2) is 14.8 Å². The number of nitrogens with one attached hydrogen (secondary N) is 1. The Kier molecular flexibility index (Phi) is 4.22. The number of halogens is 2. The van der Waals surface area contributed by atoms with Gasteiger partial charge in [-0.25, -0.2) is 9.67 Å². The lowest BCUT2D eigenvalue weighted by Crippen LogP contribution is -2.09. The molecule has 4 nitrogen and oxygen atoms in total. The van der Waals surface area contributed by atoms with Crippen LogP contribution in [0.15, 0.2) is 24.5 Å². The van der Waals surface area contributed by atoms with Gasteiger partial charge in [-0.2, -0.15) is 5.10 Å². The van der Waals surface area contributed by atoms with Gasteiger partial charge in [0.2, 0.25) is 0 Å². The molecule has 0 atom stereocenters. The molecule has 0 saturated carbocycles. The van der Waals surface area contributed by atoms with Crippen molar-refractivity contribution in [2.45, 2.75) is 20.0 Å². The standard InChI is InChI=1S/C11H12ClIN4/c1-2-17-11(15-7-16-17)6-14-10-4-3-8(12)5-9(10)13/h3-5,7,14H,2,6H2,1H3. The van der Waals surface area contributed by atoms with Crippen LogP contribution in [0, 0.1) is 3.57 Å². The maximum atomic E-state index is 5.91. The highest BCUT2D eigenvalue weighted by atomic mass is 127. The second kappa shape index (κ2) is 5.68. The van der Waals surface area contributed by atoms with Crippen molar-refractivity contribution in [2.75, 3.05) is 5.32 Å². The van der Waals surface area contributed by atoms with Crippen LogP contribution in [0.4, 0.5) is 5.69 Å². The third-order valence-corrected chi connectivity index (χ3v) is 3.49. The SMILES string of the molecule is CCn1ncnc1CNc1ccc(Cl)cc1I. The fourth-order valence-corrected chi connectivity index (χ4v) is 2.56. The molecule has 17 heavy (non-hydrogen) atoms. The fraction of sp³-hybridized carbons (Fsp3) is 0.273. The first-order valence-corrected chi connectivity index (χ1v) is 6.72. The highest BCUT2D eigenvalue weighted by Crippen LogP contribution is 2.22. The number of hydrogen-bond donors (Lipinski definition) is 1. The van der Waals surface area contributed by atoms with Gasteiger partial charge in [0.15, 0.2) is 0 Å². The lowest BCUT2D eigenvalue weighted by molar-refractivity contribution is 0.622. The smallest absolute Gasteiger partial charge is 0.146 e. The monoisotopic (exact) mass is 362 g/mol. The zero-order valence-electron chi connectivity index (χ0n) is 9.32. The van der Waals surface area contributed by atoms with E-state index in [1.54, 1.807) is 6.33 Å². The van der Waals surface area contributed by atoms with Crippen molar-refractivity contribution in [3.8, 4) is 0 Å². The lowest BCUT2D eigenvalue weighted by atomic mass is 10.3. The molecule has 0 bridgehead atoms. The van der Waals surface area contributed by atoms with E-state index in [0.717, 1.165) is 26.6 Å². The van der Waals surface area contributed by atoms with E-state index in [1.807, 2.05) is 29.8 Å². The predicted molar refractivity (Wildman–Crippen MR) is 77.2 cm³/mol. The Hall–Kier alpha value is -0.820. The van der Waals surface area contributed by atoms with Crippen molar-refractivity contribution in [3.05, 3.63) is 38.9 Å². The molecule has 1 aromatic heterocycles. The van der Waals surface area contributed by atoms with Gasteiger partial charge in [0.1, 0.15) is 12.2 Å². The Bertz CT molecular complexity index is 512. The molecule has 0 fully saturated rings. The highest BCUT2D eigenvalue weighted by molar-refractivity contribution is 14.1. The van der Waals surface area contributed by atoms with E-state index in [0.29, 0.717) is 6.54 Å². The molecule has 0 amide bonds. The molecule has 0 aliphatic heterocycles. The maximum absolute atomic E-state index is 5.91. The number of hydrogen-bond acceptors (Lipinski definition) is 3. The largest absolute Gasteiger partial charge is 0.377 e. The van der Waals surface area contributed by atoms with Crippen LogP contribution in [0.2, 0.25) is 5.02 Å². The Labute approximate surface area is 119 Å². The van der Waals surface area contributed by atoms with Crippen LogP contribution >= 0.6 is 34.2 Å². The predicted octanol–water partition coefficient (Wildman–Crippen LogP) is 3.17. The molecule has 0 saturated heterocycles. The van der Waals surface area contributed by atoms with Gasteiger partial charge in [0.05, 0.1) is 6.54 Å². The fourth-order valence-electron chi connectivity index (χ4n) is 1.50. The van der Waals surface area contributed by atoms with Gasteiger partial charge in [-0.3, -0.25) is 0 Å². The minimum Gasteiger partial charge on any atom is -0.377 e. The second-order valence-corrected chi connectivity index (χ2v) is 5.07. The molecule has 6 heteroatoms. The van der Waals surface area contributed by atoms with Gasteiger partial charge < -0.3 is 5.32 Å². The summed E-state index contributed by atoms with van der Waals surface area (Å²) < 4.78 is 2.97. The van der Waals surface area contributed by atoms with E-state index in [1.165, 1.54) is 0 Å². The number of nitrogens with zero attached hydrogens (tertiary/aromatic N) is 3. The van der Waals surface area contributed by atoms with E-state index < -0.39 is 0 Å². The van der Waals surface area contributed by atoms with Crippen LogP contribution in [-0.2, 0) is 13.1 Å². The summed E-state index contributed by atoms with van der Waals surface area (Å²) in [4.78, 5) is 4.21. The molecule has 90 valence electrons. The summed E-state index contributed by atoms with van der Waals surface area (Å²) in [5, 5.41) is 8.20. The first-order chi connectivity index (χ1) is 8.20. The molecule has 1 N–H and O–H groups in total. The van der Waals surface area contributed by atoms with Gasteiger partial charge in [0.25, 0.3) is 0 Å². The average molecular weight is 363 g/mol. The summed E-state index contributed by atoms with van der Waals surface area (Å²) in [5.41, 5.74) is 1.06. The summed E-state index contributed by atoms with van der Waals surface area (Å²) in [6, 6.07) is 5.77. The van der Waals surface area contributed by atoms with Gasteiger partial charge in [-0.15, -0.1) is 0 Å². The molecular weight excluding hydrogens is 351 g/mol. The molecule has 2 aromatic rings. The first-order valence-electron chi connectivity index (χ1n) is 5.26. The van der Waals surface area contributed by atoms with E-state index in [2.05, 4.69) is 38.0 Å². The van der Waals surface area contributed by atoms with Crippen molar-refractivity contribution in [3.63, 3.8) is 0 Å². The van der Waals surface area contributed by atoms with Crippen molar-refractivity contribution in [1.82, 2.24) is 14.8 Å². The van der Waals surface area contributed by atoms with Gasteiger partial charge in [0, 0.05) is 20.8 Å². The molecule has 2 rings (SSSR count). The number of aryl methyl sites for hydroxylation is 1. The van der Waals surface area contributed by atoms with Gasteiger partial charge in [-0.05, 0) is 47.7 Å². The molecule has 0 unspecified atom stereocenters. The summed E-state index contributed by atoms with van der Waals surface area (Å²) in [6.07, 6.45) is 1.58. The zero-order chi connectivity index (χ0) is 12.3. The van der Waals surface area contributed by atoms with Crippen LogP contribution in [0.5, 0.6) is 0 Å². The second-order valence-electron chi connectivity index (χ2n) is 3.47. The average Bonchev–Trinajstić information content (AvgIpc) is 2.75. The molecule has 0 aliphatic carbocycles. The number of rotatable bonds is 4. The van der Waals surface area contributed by atoms with Crippen LogP contribution in [0.3, 0.4) is 0 Å². The van der Waals surface area contributed by atoms with Gasteiger partial charge in [-0.1, -0.05) is 11.6 Å².